The number of rotatable bonds is 1. The molecule has 92 valence electrons. The zero-order valence-electron chi connectivity index (χ0n) is 9.38. The molecule has 2 N–H and O–H groups in total. The van der Waals surface area contributed by atoms with Crippen LogP contribution >= 0.6 is 0 Å². The third-order valence-electron chi connectivity index (χ3n) is 2.84. The van der Waals surface area contributed by atoms with Gasteiger partial charge in [-0.3, -0.25) is 4.79 Å². The van der Waals surface area contributed by atoms with Crippen LogP contribution in [0.1, 0.15) is 13.8 Å². The van der Waals surface area contributed by atoms with Gasteiger partial charge in [0.15, 0.2) is 6.29 Å². The highest BCUT2D eigenvalue weighted by molar-refractivity contribution is 5.73. The van der Waals surface area contributed by atoms with E-state index in [1.807, 2.05) is 0 Å². The number of fused-ring (bicyclic) bond motifs is 1. The lowest BCUT2D eigenvalue weighted by molar-refractivity contribution is -0.293. The van der Waals surface area contributed by atoms with Crippen molar-refractivity contribution >= 4 is 5.91 Å². The zero-order valence-corrected chi connectivity index (χ0v) is 9.38. The standard InChI is InChI=1S/C10H17NO5/c1-5(12)11-7-3-15-8-4-14-6(2)16-10(8)9(7)13/h6-10,13H,3-4H2,1-2H3,(H,11,12). The number of carbonyl (C=O) groups excluding carboxylic acids is 1. The van der Waals surface area contributed by atoms with E-state index in [0.717, 1.165) is 0 Å². The first-order valence-corrected chi connectivity index (χ1v) is 5.42. The predicted octanol–water partition coefficient (Wildman–Crippen LogP) is -0.988. The summed E-state index contributed by atoms with van der Waals surface area (Å²) in [4.78, 5) is 10.9. The lowest BCUT2D eigenvalue weighted by Crippen LogP contribution is -2.63. The van der Waals surface area contributed by atoms with Gasteiger partial charge in [-0.2, -0.15) is 0 Å². The van der Waals surface area contributed by atoms with Crippen molar-refractivity contribution in [3.63, 3.8) is 0 Å². The third-order valence-corrected chi connectivity index (χ3v) is 2.84. The Hall–Kier alpha value is -0.690. The van der Waals surface area contributed by atoms with Gasteiger partial charge < -0.3 is 24.6 Å². The molecule has 6 nitrogen and oxygen atoms in total. The maximum atomic E-state index is 10.9. The first-order valence-electron chi connectivity index (χ1n) is 5.42. The van der Waals surface area contributed by atoms with Crippen LogP contribution in [0.25, 0.3) is 0 Å². The van der Waals surface area contributed by atoms with E-state index in [-0.39, 0.29) is 24.9 Å². The van der Waals surface area contributed by atoms with E-state index in [2.05, 4.69) is 5.32 Å². The van der Waals surface area contributed by atoms with Crippen molar-refractivity contribution in [1.82, 2.24) is 5.32 Å². The monoisotopic (exact) mass is 231 g/mol. The molecule has 2 fully saturated rings. The molecule has 2 aliphatic heterocycles. The van der Waals surface area contributed by atoms with E-state index in [1.165, 1.54) is 6.92 Å². The number of aliphatic hydroxyl groups excluding tert-OH is 1. The summed E-state index contributed by atoms with van der Waals surface area (Å²) in [6.45, 7) is 3.87. The minimum absolute atomic E-state index is 0.189. The smallest absolute Gasteiger partial charge is 0.217 e. The number of hydrogen-bond acceptors (Lipinski definition) is 5. The van der Waals surface area contributed by atoms with Gasteiger partial charge in [0, 0.05) is 6.92 Å². The molecule has 5 unspecified atom stereocenters. The Morgan fingerprint density at radius 2 is 2.12 bits per heavy atom. The van der Waals surface area contributed by atoms with Crippen LogP contribution in [-0.4, -0.2) is 54.9 Å². The molecule has 2 heterocycles. The van der Waals surface area contributed by atoms with Gasteiger partial charge in [-0.1, -0.05) is 0 Å². The van der Waals surface area contributed by atoms with Gasteiger partial charge in [0.05, 0.1) is 19.3 Å². The molecule has 5 atom stereocenters. The SMILES string of the molecule is CC(=O)NC1COC2COC(C)OC2C1O. The Balaban J connectivity index is 2.00. The molecule has 6 heteroatoms. The van der Waals surface area contributed by atoms with E-state index in [9.17, 15) is 9.90 Å². The van der Waals surface area contributed by atoms with E-state index >= 15 is 0 Å². The summed E-state index contributed by atoms with van der Waals surface area (Å²) in [6, 6.07) is -0.413. The summed E-state index contributed by atoms with van der Waals surface area (Å²) in [5, 5.41) is 12.7. The summed E-state index contributed by atoms with van der Waals surface area (Å²) >= 11 is 0. The molecule has 1 amide bonds. The average molecular weight is 231 g/mol. The summed E-state index contributed by atoms with van der Waals surface area (Å²) in [5.41, 5.74) is 0. The van der Waals surface area contributed by atoms with Crippen LogP contribution in [0.2, 0.25) is 0 Å². The number of hydrogen-bond donors (Lipinski definition) is 2. The normalized spacial score (nSPS) is 43.6. The average Bonchev–Trinajstić information content (AvgIpc) is 2.22. The second-order valence-corrected chi connectivity index (χ2v) is 4.17. The van der Waals surface area contributed by atoms with Gasteiger partial charge in [0.25, 0.3) is 0 Å². The molecular weight excluding hydrogens is 214 g/mol. The van der Waals surface area contributed by atoms with Gasteiger partial charge in [0.2, 0.25) is 5.91 Å². The summed E-state index contributed by atoms with van der Waals surface area (Å²) in [5.74, 6) is -0.189. The van der Waals surface area contributed by atoms with Gasteiger partial charge in [-0.05, 0) is 6.92 Å². The molecule has 0 bridgehead atoms. The number of nitrogens with one attached hydrogen (secondary N) is 1. The van der Waals surface area contributed by atoms with E-state index in [4.69, 9.17) is 14.2 Å². The molecule has 2 saturated heterocycles. The van der Waals surface area contributed by atoms with Crippen LogP contribution in [0, 0.1) is 0 Å². The number of amides is 1. The maximum absolute atomic E-state index is 10.9. The molecular formula is C10H17NO5. The molecule has 0 aromatic heterocycles. The first-order chi connectivity index (χ1) is 7.58. The van der Waals surface area contributed by atoms with Crippen molar-refractivity contribution < 1.29 is 24.1 Å². The molecule has 0 aliphatic carbocycles. The third kappa shape index (κ3) is 2.35. The largest absolute Gasteiger partial charge is 0.388 e. The fraction of sp³-hybridized carbons (Fsp3) is 0.900. The zero-order chi connectivity index (χ0) is 11.7. The Kier molecular flexibility index (Phi) is 3.44. The van der Waals surface area contributed by atoms with Crippen molar-refractivity contribution in [1.29, 1.82) is 0 Å². The van der Waals surface area contributed by atoms with Gasteiger partial charge >= 0.3 is 0 Å². The topological polar surface area (TPSA) is 77.0 Å². The van der Waals surface area contributed by atoms with Crippen LogP contribution in [0.4, 0.5) is 0 Å². The molecule has 2 rings (SSSR count). The lowest BCUT2D eigenvalue weighted by Gasteiger charge is -2.44. The van der Waals surface area contributed by atoms with Crippen molar-refractivity contribution in [3.8, 4) is 0 Å². The van der Waals surface area contributed by atoms with Crippen LogP contribution in [0.5, 0.6) is 0 Å². The van der Waals surface area contributed by atoms with Crippen LogP contribution < -0.4 is 5.32 Å². The van der Waals surface area contributed by atoms with Crippen molar-refractivity contribution in [2.45, 2.75) is 44.5 Å². The molecule has 0 spiro atoms. The van der Waals surface area contributed by atoms with Crippen LogP contribution in [-0.2, 0) is 19.0 Å². The highest BCUT2D eigenvalue weighted by Crippen LogP contribution is 2.24. The minimum atomic E-state index is -0.756. The molecule has 0 saturated carbocycles. The lowest BCUT2D eigenvalue weighted by atomic mass is 9.97. The highest BCUT2D eigenvalue weighted by atomic mass is 16.7. The number of aliphatic hydroxyl groups is 1. The summed E-state index contributed by atoms with van der Waals surface area (Å²) < 4.78 is 16.2. The molecule has 16 heavy (non-hydrogen) atoms. The molecule has 0 aromatic rings. The van der Waals surface area contributed by atoms with Crippen molar-refractivity contribution in [3.05, 3.63) is 0 Å². The van der Waals surface area contributed by atoms with Gasteiger partial charge in [-0.15, -0.1) is 0 Å². The van der Waals surface area contributed by atoms with Gasteiger partial charge in [-0.25, -0.2) is 0 Å². The highest BCUT2D eigenvalue weighted by Gasteiger charge is 2.44. The maximum Gasteiger partial charge on any atom is 0.217 e. The van der Waals surface area contributed by atoms with Crippen LogP contribution in [0.15, 0.2) is 0 Å². The van der Waals surface area contributed by atoms with Gasteiger partial charge in [0.1, 0.15) is 18.3 Å². The van der Waals surface area contributed by atoms with Crippen molar-refractivity contribution in [2.75, 3.05) is 13.2 Å². The molecule has 0 radical (unpaired) electrons. The Morgan fingerprint density at radius 3 is 2.81 bits per heavy atom. The predicted molar refractivity (Wildman–Crippen MR) is 53.6 cm³/mol. The second-order valence-electron chi connectivity index (χ2n) is 4.17. The fourth-order valence-corrected chi connectivity index (χ4v) is 2.06. The Morgan fingerprint density at radius 1 is 1.38 bits per heavy atom. The van der Waals surface area contributed by atoms with Crippen molar-refractivity contribution in [2.24, 2.45) is 0 Å². The molecule has 2 aliphatic rings. The number of ether oxygens (including phenoxy) is 3. The number of carbonyl (C=O) groups is 1. The summed E-state index contributed by atoms with van der Waals surface area (Å²) in [7, 11) is 0. The van der Waals surface area contributed by atoms with E-state index in [1.54, 1.807) is 6.92 Å². The first kappa shape index (κ1) is 11.8. The van der Waals surface area contributed by atoms with E-state index < -0.39 is 18.2 Å². The van der Waals surface area contributed by atoms with Crippen LogP contribution in [0.3, 0.4) is 0 Å². The molecule has 0 aromatic carbocycles. The quantitative estimate of drug-likeness (QED) is 0.606. The summed E-state index contributed by atoms with van der Waals surface area (Å²) in [6.07, 6.45) is -1.80. The second kappa shape index (κ2) is 4.67. The Bertz CT molecular complexity index is 272. The fourth-order valence-electron chi connectivity index (χ4n) is 2.06. The minimum Gasteiger partial charge on any atom is -0.388 e. The Labute approximate surface area is 93.9 Å². The van der Waals surface area contributed by atoms with E-state index in [0.29, 0.717) is 6.61 Å².